The molecule has 20 heavy (non-hydrogen) atoms. The number of hydrogen-bond acceptors (Lipinski definition) is 3. The van der Waals surface area contributed by atoms with Crippen molar-refractivity contribution in [3.05, 3.63) is 33.8 Å². The van der Waals surface area contributed by atoms with E-state index in [2.05, 4.69) is 23.9 Å². The maximum atomic E-state index is 10.6. The predicted octanol–water partition coefficient (Wildman–Crippen LogP) is 2.53. The molecule has 3 nitrogen and oxygen atoms in total. The Morgan fingerprint density at radius 2 is 1.90 bits per heavy atom. The highest BCUT2D eigenvalue weighted by atomic mass is 35.5. The minimum absolute atomic E-state index is 0.106. The molecule has 2 rings (SSSR count). The molecule has 1 aliphatic heterocycles. The standard InChI is InChI=1S/C15H22Cl2N2O/c1-18-7-4-8-19(2)14(10-18)15(20)9-11-12(16)5-3-6-13(11)17/h3,5-6,14-15,20H,4,7-10H2,1-2H3. The molecule has 0 saturated carbocycles. The van der Waals surface area contributed by atoms with Gasteiger partial charge in [-0.25, -0.2) is 0 Å². The minimum Gasteiger partial charge on any atom is -0.391 e. The summed E-state index contributed by atoms with van der Waals surface area (Å²) in [7, 11) is 4.17. The smallest absolute Gasteiger partial charge is 0.0749 e. The Balaban J connectivity index is 2.12. The number of halogens is 2. The van der Waals surface area contributed by atoms with Crippen molar-refractivity contribution >= 4 is 23.2 Å². The van der Waals surface area contributed by atoms with Gasteiger partial charge in [-0.1, -0.05) is 29.3 Å². The molecule has 2 unspecified atom stereocenters. The van der Waals surface area contributed by atoms with Crippen LogP contribution in [0.5, 0.6) is 0 Å². The van der Waals surface area contributed by atoms with E-state index in [1.54, 1.807) is 0 Å². The Hall–Kier alpha value is -0.320. The molecule has 1 saturated heterocycles. The zero-order valence-electron chi connectivity index (χ0n) is 12.0. The molecular weight excluding hydrogens is 295 g/mol. The summed E-state index contributed by atoms with van der Waals surface area (Å²) in [5, 5.41) is 11.9. The third-order valence-corrected chi connectivity index (χ3v) is 4.74. The van der Waals surface area contributed by atoms with Crippen molar-refractivity contribution < 1.29 is 5.11 Å². The molecule has 0 bridgehead atoms. The summed E-state index contributed by atoms with van der Waals surface area (Å²) >= 11 is 12.4. The van der Waals surface area contributed by atoms with Crippen molar-refractivity contribution in [1.29, 1.82) is 0 Å². The van der Waals surface area contributed by atoms with Gasteiger partial charge in [-0.05, 0) is 51.3 Å². The minimum atomic E-state index is -0.474. The summed E-state index contributed by atoms with van der Waals surface area (Å²) in [5.41, 5.74) is 0.837. The van der Waals surface area contributed by atoms with E-state index < -0.39 is 6.10 Å². The number of aliphatic hydroxyl groups excluding tert-OH is 1. The first-order valence-corrected chi connectivity index (χ1v) is 7.74. The molecule has 112 valence electrons. The van der Waals surface area contributed by atoms with Crippen LogP contribution in [0.3, 0.4) is 0 Å². The molecule has 1 fully saturated rings. The highest BCUT2D eigenvalue weighted by Gasteiger charge is 2.28. The van der Waals surface area contributed by atoms with E-state index >= 15 is 0 Å². The van der Waals surface area contributed by atoms with E-state index in [9.17, 15) is 5.11 Å². The van der Waals surface area contributed by atoms with Crippen molar-refractivity contribution in [3.8, 4) is 0 Å². The first kappa shape index (κ1) is 16.1. The Morgan fingerprint density at radius 1 is 1.25 bits per heavy atom. The molecule has 1 aliphatic rings. The monoisotopic (exact) mass is 316 g/mol. The summed E-state index contributed by atoms with van der Waals surface area (Å²) in [5.74, 6) is 0. The fraction of sp³-hybridized carbons (Fsp3) is 0.600. The van der Waals surface area contributed by atoms with Gasteiger partial charge in [0.15, 0.2) is 0 Å². The van der Waals surface area contributed by atoms with Crippen LogP contribution < -0.4 is 0 Å². The molecule has 0 radical (unpaired) electrons. The molecule has 0 aliphatic carbocycles. The SMILES string of the molecule is CN1CCCN(C)C(C(O)Cc2c(Cl)cccc2Cl)C1. The van der Waals surface area contributed by atoms with Crippen molar-refractivity contribution in [2.24, 2.45) is 0 Å². The molecule has 0 amide bonds. The van der Waals surface area contributed by atoms with Gasteiger partial charge in [0.05, 0.1) is 6.10 Å². The number of benzene rings is 1. The van der Waals surface area contributed by atoms with Gasteiger partial charge < -0.3 is 10.0 Å². The second-order valence-corrected chi connectivity index (χ2v) is 6.45. The topological polar surface area (TPSA) is 26.7 Å². The zero-order chi connectivity index (χ0) is 14.7. The number of nitrogens with zero attached hydrogens (tertiary/aromatic N) is 2. The van der Waals surface area contributed by atoms with Gasteiger partial charge in [-0.3, -0.25) is 4.90 Å². The average molecular weight is 317 g/mol. The van der Waals surface area contributed by atoms with Gasteiger partial charge in [-0.15, -0.1) is 0 Å². The van der Waals surface area contributed by atoms with Gasteiger partial charge in [0.2, 0.25) is 0 Å². The highest BCUT2D eigenvalue weighted by molar-refractivity contribution is 6.35. The van der Waals surface area contributed by atoms with Crippen molar-refractivity contribution in [3.63, 3.8) is 0 Å². The van der Waals surface area contributed by atoms with E-state index in [1.807, 2.05) is 18.2 Å². The van der Waals surface area contributed by atoms with Gasteiger partial charge >= 0.3 is 0 Å². The average Bonchev–Trinajstić information content (AvgIpc) is 2.56. The summed E-state index contributed by atoms with van der Waals surface area (Å²) in [6.07, 6.45) is 1.14. The van der Waals surface area contributed by atoms with E-state index in [1.165, 1.54) is 0 Å². The fourth-order valence-electron chi connectivity index (χ4n) is 2.79. The first-order valence-electron chi connectivity index (χ1n) is 6.98. The van der Waals surface area contributed by atoms with E-state index in [0.717, 1.165) is 31.6 Å². The van der Waals surface area contributed by atoms with E-state index in [0.29, 0.717) is 16.5 Å². The lowest BCUT2D eigenvalue weighted by atomic mass is 10.0. The summed E-state index contributed by atoms with van der Waals surface area (Å²) in [4.78, 5) is 4.50. The molecule has 1 heterocycles. The Labute approximate surface area is 131 Å². The largest absolute Gasteiger partial charge is 0.391 e. The summed E-state index contributed by atoms with van der Waals surface area (Å²) in [6.45, 7) is 2.93. The van der Waals surface area contributed by atoms with Crippen molar-refractivity contribution in [2.75, 3.05) is 33.7 Å². The zero-order valence-corrected chi connectivity index (χ0v) is 13.5. The van der Waals surface area contributed by atoms with Gasteiger partial charge in [0.1, 0.15) is 0 Å². The number of aliphatic hydroxyl groups is 1. The molecule has 0 aromatic heterocycles. The normalized spacial score (nSPS) is 23.6. The van der Waals surface area contributed by atoms with Crippen molar-refractivity contribution in [1.82, 2.24) is 9.80 Å². The van der Waals surface area contributed by atoms with Crippen LogP contribution in [0.15, 0.2) is 18.2 Å². The predicted molar refractivity (Wildman–Crippen MR) is 84.7 cm³/mol. The Bertz CT molecular complexity index is 435. The van der Waals surface area contributed by atoms with Crippen LogP contribution in [0.2, 0.25) is 10.0 Å². The second-order valence-electron chi connectivity index (χ2n) is 5.64. The molecule has 5 heteroatoms. The third kappa shape index (κ3) is 3.86. The highest BCUT2D eigenvalue weighted by Crippen LogP contribution is 2.27. The molecule has 1 aromatic carbocycles. The maximum Gasteiger partial charge on any atom is 0.0749 e. The van der Waals surface area contributed by atoms with Crippen LogP contribution >= 0.6 is 23.2 Å². The van der Waals surface area contributed by atoms with Gasteiger partial charge in [0.25, 0.3) is 0 Å². The quantitative estimate of drug-likeness (QED) is 0.928. The molecular formula is C15H22Cl2N2O. The lowest BCUT2D eigenvalue weighted by molar-refractivity contribution is 0.0581. The Morgan fingerprint density at radius 3 is 2.55 bits per heavy atom. The molecule has 1 N–H and O–H groups in total. The number of likely N-dealkylation sites (N-methyl/N-ethyl adjacent to an activating group) is 2. The third-order valence-electron chi connectivity index (χ3n) is 4.03. The van der Waals surface area contributed by atoms with Crippen molar-refractivity contribution in [2.45, 2.75) is 25.0 Å². The summed E-state index contributed by atoms with van der Waals surface area (Å²) < 4.78 is 0. The van der Waals surface area contributed by atoms with Gasteiger partial charge in [-0.2, -0.15) is 0 Å². The summed E-state index contributed by atoms with van der Waals surface area (Å²) in [6, 6.07) is 5.57. The number of rotatable bonds is 3. The second kappa shape index (κ2) is 7.10. The van der Waals surface area contributed by atoms with Crippen LogP contribution in [0, 0.1) is 0 Å². The Kier molecular flexibility index (Phi) is 5.70. The van der Waals surface area contributed by atoms with Crippen LogP contribution in [-0.4, -0.2) is 60.8 Å². The van der Waals surface area contributed by atoms with Crippen LogP contribution in [0.4, 0.5) is 0 Å². The van der Waals surface area contributed by atoms with E-state index in [4.69, 9.17) is 23.2 Å². The lowest BCUT2D eigenvalue weighted by Gasteiger charge is -2.32. The number of hydrogen-bond donors (Lipinski definition) is 1. The van der Waals surface area contributed by atoms with Crippen LogP contribution in [0.1, 0.15) is 12.0 Å². The fourth-order valence-corrected chi connectivity index (χ4v) is 3.35. The molecule has 1 aromatic rings. The molecule has 0 spiro atoms. The lowest BCUT2D eigenvalue weighted by Crippen LogP contribution is -2.47. The first-order chi connectivity index (χ1) is 9.49. The molecule has 2 atom stereocenters. The van der Waals surface area contributed by atoms with E-state index in [-0.39, 0.29) is 6.04 Å². The van der Waals surface area contributed by atoms with Crippen LogP contribution in [-0.2, 0) is 6.42 Å². The van der Waals surface area contributed by atoms with Gasteiger partial charge in [0, 0.05) is 29.1 Å². The maximum absolute atomic E-state index is 10.6. The van der Waals surface area contributed by atoms with Crippen LogP contribution in [0.25, 0.3) is 0 Å².